The van der Waals surface area contributed by atoms with Crippen LogP contribution in [0.4, 0.5) is 9.52 Å². The first-order valence-electron chi connectivity index (χ1n) is 9.45. The van der Waals surface area contributed by atoms with Gasteiger partial charge >= 0.3 is 0 Å². The van der Waals surface area contributed by atoms with Crippen LogP contribution in [0.3, 0.4) is 0 Å². The summed E-state index contributed by atoms with van der Waals surface area (Å²) < 4.78 is 40.4. The van der Waals surface area contributed by atoms with Gasteiger partial charge in [0.25, 0.3) is 0 Å². The molecular weight excluding hydrogens is 425 g/mol. The van der Waals surface area contributed by atoms with Crippen molar-refractivity contribution >= 4 is 32.4 Å². The van der Waals surface area contributed by atoms with Crippen molar-refractivity contribution in [1.82, 2.24) is 9.29 Å². The molecule has 1 saturated heterocycles. The van der Waals surface area contributed by atoms with Gasteiger partial charge < -0.3 is 5.32 Å². The van der Waals surface area contributed by atoms with E-state index in [0.717, 1.165) is 11.1 Å². The summed E-state index contributed by atoms with van der Waals surface area (Å²) in [6.07, 6.45) is 1.06. The summed E-state index contributed by atoms with van der Waals surface area (Å²) in [4.78, 5) is 17.4. The second-order valence-electron chi connectivity index (χ2n) is 7.12. The first kappa shape index (κ1) is 20.6. The number of rotatable bonds is 5. The number of amides is 1. The number of halogens is 1. The van der Waals surface area contributed by atoms with Crippen LogP contribution in [0.25, 0.3) is 11.3 Å². The molecule has 1 N–H and O–H groups in total. The fourth-order valence-electron chi connectivity index (χ4n) is 3.41. The van der Waals surface area contributed by atoms with Gasteiger partial charge in [0.05, 0.1) is 10.6 Å². The summed E-state index contributed by atoms with van der Waals surface area (Å²) in [5.41, 5.74) is 2.31. The van der Waals surface area contributed by atoms with Crippen LogP contribution in [0, 0.1) is 12.7 Å². The third-order valence-electron chi connectivity index (χ3n) is 5.01. The van der Waals surface area contributed by atoms with Gasteiger partial charge in [-0.05, 0) is 56.2 Å². The SMILES string of the molecule is Cc1ccc(S(=O)(=O)N2CCCC2C(=O)Nc2nc(-c3ccc(F)cc3)cs2)cc1. The molecule has 4 rings (SSSR count). The predicted molar refractivity (Wildman–Crippen MR) is 114 cm³/mol. The van der Waals surface area contributed by atoms with E-state index in [1.54, 1.807) is 41.8 Å². The molecule has 1 aliphatic rings. The summed E-state index contributed by atoms with van der Waals surface area (Å²) >= 11 is 1.24. The van der Waals surface area contributed by atoms with Gasteiger partial charge in [-0.15, -0.1) is 11.3 Å². The number of hydrogen-bond donors (Lipinski definition) is 1. The van der Waals surface area contributed by atoms with Gasteiger partial charge in [-0.1, -0.05) is 17.7 Å². The molecule has 0 saturated carbocycles. The number of nitrogens with one attached hydrogen (secondary N) is 1. The van der Waals surface area contributed by atoms with Gasteiger partial charge in [0.1, 0.15) is 11.9 Å². The van der Waals surface area contributed by atoms with Crippen LogP contribution in [-0.4, -0.2) is 36.2 Å². The Morgan fingerprint density at radius 3 is 2.57 bits per heavy atom. The van der Waals surface area contributed by atoms with Crippen molar-refractivity contribution in [1.29, 1.82) is 0 Å². The van der Waals surface area contributed by atoms with Crippen LogP contribution in [0.1, 0.15) is 18.4 Å². The van der Waals surface area contributed by atoms with Crippen LogP contribution in [0.5, 0.6) is 0 Å². The first-order valence-corrected chi connectivity index (χ1v) is 11.8. The van der Waals surface area contributed by atoms with E-state index in [2.05, 4.69) is 10.3 Å². The van der Waals surface area contributed by atoms with E-state index in [4.69, 9.17) is 0 Å². The van der Waals surface area contributed by atoms with Crippen molar-refractivity contribution in [3.05, 3.63) is 65.3 Å². The van der Waals surface area contributed by atoms with E-state index in [-0.39, 0.29) is 10.7 Å². The summed E-state index contributed by atoms with van der Waals surface area (Å²) in [6.45, 7) is 2.18. The van der Waals surface area contributed by atoms with E-state index in [9.17, 15) is 17.6 Å². The Kier molecular flexibility index (Phi) is 5.68. The number of benzene rings is 2. The van der Waals surface area contributed by atoms with E-state index in [0.29, 0.717) is 30.2 Å². The summed E-state index contributed by atoms with van der Waals surface area (Å²) in [5, 5.41) is 4.87. The Morgan fingerprint density at radius 2 is 1.87 bits per heavy atom. The first-order chi connectivity index (χ1) is 14.3. The van der Waals surface area contributed by atoms with Gasteiger partial charge in [0.15, 0.2) is 5.13 Å². The number of aromatic nitrogens is 1. The lowest BCUT2D eigenvalue weighted by atomic mass is 10.2. The lowest BCUT2D eigenvalue weighted by molar-refractivity contribution is -0.119. The Bertz CT molecular complexity index is 1160. The highest BCUT2D eigenvalue weighted by atomic mass is 32.2. The highest BCUT2D eigenvalue weighted by Crippen LogP contribution is 2.29. The molecule has 156 valence electrons. The van der Waals surface area contributed by atoms with Crippen LogP contribution in [-0.2, 0) is 14.8 Å². The molecular formula is C21H20FN3O3S2. The second-order valence-corrected chi connectivity index (χ2v) is 9.87. The zero-order valence-corrected chi connectivity index (χ0v) is 17.8. The second kappa shape index (κ2) is 8.25. The molecule has 1 aromatic heterocycles. The average molecular weight is 446 g/mol. The third kappa shape index (κ3) is 4.14. The molecule has 0 spiro atoms. The fourth-order valence-corrected chi connectivity index (χ4v) is 5.79. The fraction of sp³-hybridized carbons (Fsp3) is 0.238. The van der Waals surface area contributed by atoms with Crippen molar-refractivity contribution in [2.45, 2.75) is 30.7 Å². The molecule has 1 fully saturated rings. The Morgan fingerprint density at radius 1 is 1.17 bits per heavy atom. The third-order valence-corrected chi connectivity index (χ3v) is 7.69. The Hall–Kier alpha value is -2.62. The molecule has 2 heterocycles. The molecule has 1 unspecified atom stereocenters. The van der Waals surface area contributed by atoms with E-state index >= 15 is 0 Å². The molecule has 2 aromatic carbocycles. The van der Waals surface area contributed by atoms with E-state index < -0.39 is 22.0 Å². The molecule has 1 atom stereocenters. The van der Waals surface area contributed by atoms with E-state index in [1.165, 1.54) is 27.8 Å². The average Bonchev–Trinajstić information content (AvgIpc) is 3.39. The minimum Gasteiger partial charge on any atom is -0.301 e. The van der Waals surface area contributed by atoms with Crippen LogP contribution < -0.4 is 5.32 Å². The number of thiazole rings is 1. The van der Waals surface area contributed by atoms with Gasteiger partial charge in [0, 0.05) is 17.5 Å². The summed E-state index contributed by atoms with van der Waals surface area (Å²) in [7, 11) is -3.76. The van der Waals surface area contributed by atoms with Crippen molar-refractivity contribution in [2.75, 3.05) is 11.9 Å². The molecule has 1 amide bonds. The maximum absolute atomic E-state index is 13.1. The predicted octanol–water partition coefficient (Wildman–Crippen LogP) is 4.05. The smallest absolute Gasteiger partial charge is 0.244 e. The monoisotopic (exact) mass is 445 g/mol. The molecule has 0 aliphatic carbocycles. The van der Waals surface area contributed by atoms with E-state index in [1.807, 2.05) is 6.92 Å². The normalized spacial score (nSPS) is 17.2. The Balaban J connectivity index is 1.50. The number of aryl methyl sites for hydroxylation is 1. The van der Waals surface area contributed by atoms with Crippen LogP contribution in [0.15, 0.2) is 58.8 Å². The Labute approximate surface area is 178 Å². The summed E-state index contributed by atoms with van der Waals surface area (Å²) in [6, 6.07) is 11.7. The number of anilines is 1. The zero-order valence-electron chi connectivity index (χ0n) is 16.2. The van der Waals surface area contributed by atoms with Gasteiger partial charge in [-0.2, -0.15) is 4.31 Å². The number of carbonyl (C=O) groups excluding carboxylic acids is 1. The highest BCUT2D eigenvalue weighted by Gasteiger charge is 2.39. The maximum Gasteiger partial charge on any atom is 0.244 e. The lowest BCUT2D eigenvalue weighted by Gasteiger charge is -2.23. The molecule has 1 aliphatic heterocycles. The number of sulfonamides is 1. The highest BCUT2D eigenvalue weighted by molar-refractivity contribution is 7.89. The number of carbonyl (C=O) groups is 1. The quantitative estimate of drug-likeness (QED) is 0.643. The molecule has 0 radical (unpaired) electrons. The molecule has 3 aromatic rings. The molecule has 0 bridgehead atoms. The topological polar surface area (TPSA) is 79.4 Å². The lowest BCUT2D eigenvalue weighted by Crippen LogP contribution is -2.43. The van der Waals surface area contributed by atoms with Crippen molar-refractivity contribution in [2.24, 2.45) is 0 Å². The van der Waals surface area contributed by atoms with Crippen molar-refractivity contribution < 1.29 is 17.6 Å². The van der Waals surface area contributed by atoms with Crippen molar-refractivity contribution in [3.63, 3.8) is 0 Å². The van der Waals surface area contributed by atoms with Crippen LogP contribution in [0.2, 0.25) is 0 Å². The standard InChI is InChI=1S/C21H20FN3O3S2/c1-14-4-10-17(11-5-14)30(27,28)25-12-2-3-19(25)20(26)24-21-23-18(13-29-21)15-6-8-16(22)9-7-15/h4-11,13,19H,2-3,12H2,1H3,(H,23,24,26). The van der Waals surface area contributed by atoms with Crippen LogP contribution >= 0.6 is 11.3 Å². The van der Waals surface area contributed by atoms with Gasteiger partial charge in [-0.3, -0.25) is 4.79 Å². The minimum atomic E-state index is -3.76. The summed E-state index contributed by atoms with van der Waals surface area (Å²) in [5.74, 6) is -0.734. The van der Waals surface area contributed by atoms with Crippen molar-refractivity contribution in [3.8, 4) is 11.3 Å². The largest absolute Gasteiger partial charge is 0.301 e. The minimum absolute atomic E-state index is 0.181. The number of nitrogens with zero attached hydrogens (tertiary/aromatic N) is 2. The number of hydrogen-bond acceptors (Lipinski definition) is 5. The molecule has 30 heavy (non-hydrogen) atoms. The maximum atomic E-state index is 13.1. The molecule has 9 heteroatoms. The van der Waals surface area contributed by atoms with Gasteiger partial charge in [0.2, 0.25) is 15.9 Å². The molecule has 6 nitrogen and oxygen atoms in total. The zero-order chi connectivity index (χ0) is 21.3. The van der Waals surface area contributed by atoms with Gasteiger partial charge in [-0.25, -0.2) is 17.8 Å².